The predicted molar refractivity (Wildman–Crippen MR) is 157 cm³/mol. The molecule has 2 atom stereocenters. The van der Waals surface area contributed by atoms with Gasteiger partial charge >= 0.3 is 0 Å². The summed E-state index contributed by atoms with van der Waals surface area (Å²) in [4.78, 5) is 28.4. The number of nitrogens with one attached hydrogen (secondary N) is 1. The predicted octanol–water partition coefficient (Wildman–Crippen LogP) is 5.83. The Morgan fingerprint density at radius 1 is 0.923 bits per heavy atom. The van der Waals surface area contributed by atoms with Crippen LogP contribution in [0.15, 0.2) is 77.7 Å². The molecule has 1 N–H and O–H groups in total. The van der Waals surface area contributed by atoms with Crippen LogP contribution in [-0.2, 0) is 26.2 Å². The number of rotatable bonds is 11. The van der Waals surface area contributed by atoms with E-state index in [2.05, 4.69) is 5.32 Å². The van der Waals surface area contributed by atoms with Gasteiger partial charge in [-0.15, -0.1) is 0 Å². The molecule has 0 aliphatic heterocycles. The number of carbonyl (C=O) groups excluding carboxylic acids is 2. The molecule has 2 unspecified atom stereocenters. The zero-order valence-electron chi connectivity index (χ0n) is 22.4. The Labute approximate surface area is 240 Å². The Hall–Kier alpha value is -3.07. The summed E-state index contributed by atoms with van der Waals surface area (Å²) >= 11 is 12.3. The van der Waals surface area contributed by atoms with E-state index in [-0.39, 0.29) is 39.1 Å². The first-order valence-corrected chi connectivity index (χ1v) is 14.8. The highest BCUT2D eigenvalue weighted by atomic mass is 35.5. The van der Waals surface area contributed by atoms with E-state index in [1.165, 1.54) is 35.2 Å². The quantitative estimate of drug-likeness (QED) is 0.305. The van der Waals surface area contributed by atoms with Crippen molar-refractivity contribution in [1.29, 1.82) is 0 Å². The van der Waals surface area contributed by atoms with E-state index in [4.69, 9.17) is 23.2 Å². The van der Waals surface area contributed by atoms with E-state index in [1.807, 2.05) is 45.0 Å². The van der Waals surface area contributed by atoms with Gasteiger partial charge in [0, 0.05) is 12.6 Å². The summed E-state index contributed by atoms with van der Waals surface area (Å²) in [7, 11) is -4.18. The number of hydrogen-bond donors (Lipinski definition) is 1. The van der Waals surface area contributed by atoms with Gasteiger partial charge in [0.1, 0.15) is 12.6 Å². The maximum atomic E-state index is 13.9. The first kappa shape index (κ1) is 30.5. The van der Waals surface area contributed by atoms with Crippen LogP contribution in [0.25, 0.3) is 0 Å². The van der Waals surface area contributed by atoms with Crippen LogP contribution in [0.5, 0.6) is 0 Å². The molecular formula is C29H33Cl2N3O4S. The van der Waals surface area contributed by atoms with Gasteiger partial charge in [0.25, 0.3) is 10.0 Å². The molecule has 0 heterocycles. The Kier molecular flexibility index (Phi) is 10.4. The van der Waals surface area contributed by atoms with Crippen LogP contribution in [0, 0.1) is 6.92 Å². The monoisotopic (exact) mass is 589 g/mol. The van der Waals surface area contributed by atoms with E-state index >= 15 is 0 Å². The number of benzene rings is 3. The van der Waals surface area contributed by atoms with E-state index in [1.54, 1.807) is 25.1 Å². The van der Waals surface area contributed by atoms with Crippen LogP contribution < -0.4 is 9.62 Å². The fourth-order valence-corrected chi connectivity index (χ4v) is 5.66. The third kappa shape index (κ3) is 7.75. The van der Waals surface area contributed by atoms with Crippen molar-refractivity contribution in [2.75, 3.05) is 10.8 Å². The number of halogens is 2. The first-order chi connectivity index (χ1) is 18.4. The SMILES string of the molecule is CCC(C)NC(=O)C(C)N(Cc1cccc(C)c1)C(=O)CN(c1ccc(Cl)c(Cl)c1)S(=O)(=O)c1ccccc1. The average molecular weight is 591 g/mol. The van der Waals surface area contributed by atoms with Gasteiger partial charge in [-0.25, -0.2) is 8.42 Å². The van der Waals surface area contributed by atoms with Crippen molar-refractivity contribution < 1.29 is 18.0 Å². The fourth-order valence-electron chi connectivity index (χ4n) is 3.94. The normalized spacial score (nSPS) is 12.9. The topological polar surface area (TPSA) is 86.8 Å². The van der Waals surface area contributed by atoms with Crippen LogP contribution in [0.3, 0.4) is 0 Å². The fraction of sp³-hybridized carbons (Fsp3) is 0.310. The molecule has 39 heavy (non-hydrogen) atoms. The summed E-state index contributed by atoms with van der Waals surface area (Å²) in [6.45, 7) is 6.98. The second-order valence-electron chi connectivity index (χ2n) is 9.43. The van der Waals surface area contributed by atoms with Gasteiger partial charge in [0.2, 0.25) is 11.8 Å². The second-order valence-corrected chi connectivity index (χ2v) is 12.1. The van der Waals surface area contributed by atoms with Crippen molar-refractivity contribution in [2.45, 2.75) is 57.6 Å². The standard InChI is InChI=1S/C29H33Cl2N3O4S/c1-5-21(3)32-29(36)22(4)33(18-23-11-9-10-20(2)16-23)28(35)19-34(24-14-15-26(30)27(31)17-24)39(37,38)25-12-7-6-8-13-25/h6-17,21-22H,5,18-19H2,1-4H3,(H,32,36). The molecule has 0 fully saturated rings. The maximum Gasteiger partial charge on any atom is 0.264 e. The molecule has 3 rings (SSSR count). The molecular weight excluding hydrogens is 557 g/mol. The highest BCUT2D eigenvalue weighted by Crippen LogP contribution is 2.31. The highest BCUT2D eigenvalue weighted by molar-refractivity contribution is 7.92. The molecule has 3 aromatic rings. The largest absolute Gasteiger partial charge is 0.352 e. The number of sulfonamides is 1. The van der Waals surface area contributed by atoms with Crippen molar-refractivity contribution in [1.82, 2.24) is 10.2 Å². The Morgan fingerprint density at radius 2 is 1.62 bits per heavy atom. The molecule has 7 nitrogen and oxygen atoms in total. The maximum absolute atomic E-state index is 13.9. The van der Waals surface area contributed by atoms with Crippen molar-refractivity contribution >= 4 is 50.7 Å². The summed E-state index contributed by atoms with van der Waals surface area (Å²) in [6, 6.07) is 18.9. The smallest absolute Gasteiger partial charge is 0.264 e. The Balaban J connectivity index is 2.04. The highest BCUT2D eigenvalue weighted by Gasteiger charge is 2.33. The summed E-state index contributed by atoms with van der Waals surface area (Å²) in [5, 5.41) is 3.32. The summed E-state index contributed by atoms with van der Waals surface area (Å²) < 4.78 is 28.6. The zero-order chi connectivity index (χ0) is 28.7. The van der Waals surface area contributed by atoms with Crippen molar-refractivity contribution in [3.8, 4) is 0 Å². The van der Waals surface area contributed by atoms with E-state index in [0.717, 1.165) is 21.9 Å². The Morgan fingerprint density at radius 3 is 2.23 bits per heavy atom. The van der Waals surface area contributed by atoms with E-state index in [0.29, 0.717) is 0 Å². The number of nitrogens with zero attached hydrogens (tertiary/aromatic N) is 2. The number of aryl methyl sites for hydroxylation is 1. The molecule has 208 valence electrons. The van der Waals surface area contributed by atoms with Crippen LogP contribution in [-0.4, -0.2) is 43.8 Å². The lowest BCUT2D eigenvalue weighted by molar-refractivity contribution is -0.139. The lowest BCUT2D eigenvalue weighted by Gasteiger charge is -2.32. The lowest BCUT2D eigenvalue weighted by atomic mass is 10.1. The molecule has 0 radical (unpaired) electrons. The molecule has 0 aromatic heterocycles. The molecule has 0 saturated heterocycles. The molecule has 0 aliphatic carbocycles. The number of amides is 2. The van der Waals surface area contributed by atoms with Gasteiger partial charge in [-0.05, 0) is 63.1 Å². The molecule has 0 aliphatic rings. The summed E-state index contributed by atoms with van der Waals surface area (Å²) in [5.41, 5.74) is 1.99. The third-order valence-electron chi connectivity index (χ3n) is 6.40. The van der Waals surface area contributed by atoms with Crippen molar-refractivity contribution in [3.05, 3.63) is 94.0 Å². The zero-order valence-corrected chi connectivity index (χ0v) is 24.7. The van der Waals surface area contributed by atoms with Crippen molar-refractivity contribution in [3.63, 3.8) is 0 Å². The molecule has 2 amide bonds. The van der Waals surface area contributed by atoms with E-state index in [9.17, 15) is 18.0 Å². The minimum absolute atomic E-state index is 0.0108. The number of anilines is 1. The molecule has 0 spiro atoms. The van der Waals surface area contributed by atoms with Gasteiger partial charge in [-0.3, -0.25) is 13.9 Å². The molecule has 3 aromatic carbocycles. The van der Waals surface area contributed by atoms with Gasteiger partial charge in [0.05, 0.1) is 20.6 Å². The molecule has 0 saturated carbocycles. The summed E-state index contributed by atoms with van der Waals surface area (Å²) in [6.07, 6.45) is 0.727. The number of carbonyl (C=O) groups is 2. The van der Waals surface area contributed by atoms with Gasteiger partial charge < -0.3 is 10.2 Å². The third-order valence-corrected chi connectivity index (χ3v) is 8.93. The lowest BCUT2D eigenvalue weighted by Crippen LogP contribution is -2.52. The van der Waals surface area contributed by atoms with E-state index < -0.39 is 28.5 Å². The van der Waals surface area contributed by atoms with Crippen molar-refractivity contribution in [2.24, 2.45) is 0 Å². The van der Waals surface area contributed by atoms with Gasteiger partial charge in [-0.2, -0.15) is 0 Å². The van der Waals surface area contributed by atoms with Crippen LogP contribution in [0.1, 0.15) is 38.3 Å². The van der Waals surface area contributed by atoms with Crippen LogP contribution in [0.4, 0.5) is 5.69 Å². The summed E-state index contributed by atoms with van der Waals surface area (Å²) in [5.74, 6) is -0.869. The molecule has 10 heteroatoms. The molecule has 0 bridgehead atoms. The Bertz CT molecular complexity index is 1420. The second kappa shape index (κ2) is 13.3. The average Bonchev–Trinajstić information content (AvgIpc) is 2.91. The minimum atomic E-state index is -4.18. The van der Waals surface area contributed by atoms with Crippen LogP contribution in [0.2, 0.25) is 10.0 Å². The first-order valence-electron chi connectivity index (χ1n) is 12.6. The van der Waals surface area contributed by atoms with Gasteiger partial charge in [-0.1, -0.05) is 78.2 Å². The minimum Gasteiger partial charge on any atom is -0.352 e. The van der Waals surface area contributed by atoms with Crippen LogP contribution >= 0.6 is 23.2 Å². The van der Waals surface area contributed by atoms with Gasteiger partial charge in [0.15, 0.2) is 0 Å². The number of hydrogen-bond acceptors (Lipinski definition) is 4.